The molecule has 1 saturated carbocycles. The number of ether oxygens (including phenoxy) is 3. The molecule has 33 heavy (non-hydrogen) atoms. The number of hydrogen-bond acceptors (Lipinski definition) is 7. The molecule has 1 aromatic heterocycles. The van der Waals surface area contributed by atoms with Crippen molar-refractivity contribution in [2.24, 2.45) is 5.92 Å². The highest BCUT2D eigenvalue weighted by Gasteiger charge is 2.20. The molecule has 1 aliphatic carbocycles. The van der Waals surface area contributed by atoms with E-state index >= 15 is 0 Å². The molecule has 0 bridgehead atoms. The molecule has 3 aromatic rings. The van der Waals surface area contributed by atoms with Crippen LogP contribution in [0.15, 0.2) is 36.7 Å². The van der Waals surface area contributed by atoms with Crippen LogP contribution in [-0.2, 0) is 0 Å². The first-order valence-corrected chi connectivity index (χ1v) is 11.1. The predicted molar refractivity (Wildman–Crippen MR) is 123 cm³/mol. The molecule has 0 saturated heterocycles. The van der Waals surface area contributed by atoms with Crippen LogP contribution >= 0.6 is 0 Å². The number of amides is 1. The number of nitrogens with zero attached hydrogens (tertiary/aromatic N) is 4. The lowest BCUT2D eigenvalue weighted by molar-refractivity contribution is 0.0943. The van der Waals surface area contributed by atoms with Crippen molar-refractivity contribution in [3.8, 4) is 34.1 Å². The molecule has 1 N–H and O–H groups in total. The highest BCUT2D eigenvalue weighted by molar-refractivity contribution is 5.96. The summed E-state index contributed by atoms with van der Waals surface area (Å²) >= 11 is 0. The minimum absolute atomic E-state index is 0.129. The van der Waals surface area contributed by atoms with E-state index in [0.717, 1.165) is 11.1 Å². The molecule has 1 amide bonds. The highest BCUT2D eigenvalue weighted by atomic mass is 16.5. The average Bonchev–Trinajstić information content (AvgIpc) is 3.41. The van der Waals surface area contributed by atoms with Crippen LogP contribution in [0.1, 0.15) is 42.5 Å². The summed E-state index contributed by atoms with van der Waals surface area (Å²) in [5.41, 5.74) is 2.71. The summed E-state index contributed by atoms with van der Waals surface area (Å²) in [7, 11) is 4.71. The van der Waals surface area contributed by atoms with Gasteiger partial charge >= 0.3 is 0 Å². The standard InChI is InChI=1S/C24H29N5O4/c1-31-21-10-9-20(22(32-2)23(21)33-3)17-11-18(13-19(12-17)29-15-26-27-28-29)24(30)25-14-16-7-5-4-6-8-16/h9-13,15-16H,4-8,14H2,1-3H3,(H,25,30). The summed E-state index contributed by atoms with van der Waals surface area (Å²) in [5, 5.41) is 14.6. The van der Waals surface area contributed by atoms with Gasteiger partial charge in [0.15, 0.2) is 11.5 Å². The first kappa shape index (κ1) is 22.6. The van der Waals surface area contributed by atoms with Gasteiger partial charge < -0.3 is 19.5 Å². The maximum absolute atomic E-state index is 13.1. The quantitative estimate of drug-likeness (QED) is 0.558. The highest BCUT2D eigenvalue weighted by Crippen LogP contribution is 2.44. The number of nitrogens with one attached hydrogen (secondary N) is 1. The minimum atomic E-state index is -0.129. The van der Waals surface area contributed by atoms with Gasteiger partial charge in [-0.25, -0.2) is 4.68 Å². The van der Waals surface area contributed by atoms with Gasteiger partial charge in [-0.1, -0.05) is 19.3 Å². The molecule has 0 aliphatic heterocycles. The second-order valence-electron chi connectivity index (χ2n) is 8.12. The number of carbonyl (C=O) groups excluding carboxylic acids is 1. The Labute approximate surface area is 193 Å². The third kappa shape index (κ3) is 4.92. The Balaban J connectivity index is 1.73. The number of methoxy groups -OCH3 is 3. The maximum atomic E-state index is 13.1. The molecule has 0 radical (unpaired) electrons. The van der Waals surface area contributed by atoms with Crippen molar-refractivity contribution in [1.29, 1.82) is 0 Å². The SMILES string of the molecule is COc1ccc(-c2cc(C(=O)NCC3CCCCC3)cc(-n3cnnn3)c2)c(OC)c1OC. The van der Waals surface area contributed by atoms with Crippen molar-refractivity contribution in [1.82, 2.24) is 25.5 Å². The second kappa shape index (κ2) is 10.3. The van der Waals surface area contributed by atoms with Gasteiger partial charge in [-0.3, -0.25) is 4.79 Å². The van der Waals surface area contributed by atoms with Gasteiger partial charge in [0.1, 0.15) is 6.33 Å². The average molecular weight is 452 g/mol. The van der Waals surface area contributed by atoms with Crippen molar-refractivity contribution >= 4 is 5.91 Å². The summed E-state index contributed by atoms with van der Waals surface area (Å²) in [4.78, 5) is 13.1. The van der Waals surface area contributed by atoms with Crippen LogP contribution < -0.4 is 19.5 Å². The zero-order chi connectivity index (χ0) is 23.2. The lowest BCUT2D eigenvalue weighted by atomic mass is 9.89. The van der Waals surface area contributed by atoms with Crippen LogP contribution in [0.25, 0.3) is 16.8 Å². The van der Waals surface area contributed by atoms with Crippen molar-refractivity contribution < 1.29 is 19.0 Å². The number of tetrazole rings is 1. The Bertz CT molecular complexity index is 1090. The van der Waals surface area contributed by atoms with E-state index in [1.165, 1.54) is 43.1 Å². The Morgan fingerprint density at radius 3 is 2.48 bits per heavy atom. The Morgan fingerprint density at radius 2 is 1.82 bits per heavy atom. The molecular formula is C24H29N5O4. The Kier molecular flexibility index (Phi) is 7.07. The zero-order valence-electron chi connectivity index (χ0n) is 19.2. The summed E-state index contributed by atoms with van der Waals surface area (Å²) in [5.74, 6) is 1.96. The Morgan fingerprint density at radius 1 is 1.03 bits per heavy atom. The van der Waals surface area contributed by atoms with Crippen LogP contribution in [-0.4, -0.2) is 54.0 Å². The molecule has 0 atom stereocenters. The van der Waals surface area contributed by atoms with E-state index < -0.39 is 0 Å². The van der Waals surface area contributed by atoms with E-state index in [-0.39, 0.29) is 5.91 Å². The van der Waals surface area contributed by atoms with E-state index in [2.05, 4.69) is 20.8 Å². The molecular weight excluding hydrogens is 422 g/mol. The molecule has 9 nitrogen and oxygen atoms in total. The lowest BCUT2D eigenvalue weighted by Crippen LogP contribution is -2.30. The molecule has 1 aliphatic rings. The van der Waals surface area contributed by atoms with E-state index in [9.17, 15) is 4.79 Å². The number of carbonyl (C=O) groups is 1. The van der Waals surface area contributed by atoms with Crippen molar-refractivity contribution in [3.05, 3.63) is 42.2 Å². The fourth-order valence-electron chi connectivity index (χ4n) is 4.37. The first-order chi connectivity index (χ1) is 16.1. The van der Waals surface area contributed by atoms with Crippen molar-refractivity contribution in [2.75, 3.05) is 27.9 Å². The zero-order valence-corrected chi connectivity index (χ0v) is 19.2. The summed E-state index contributed by atoms with van der Waals surface area (Å²) in [6.07, 6.45) is 7.58. The third-order valence-electron chi connectivity index (χ3n) is 6.08. The van der Waals surface area contributed by atoms with Crippen LogP contribution in [0.2, 0.25) is 0 Å². The molecule has 0 spiro atoms. The van der Waals surface area contributed by atoms with Crippen molar-refractivity contribution in [3.63, 3.8) is 0 Å². The van der Waals surface area contributed by atoms with Crippen LogP contribution in [0, 0.1) is 5.92 Å². The van der Waals surface area contributed by atoms with E-state index in [1.54, 1.807) is 27.4 Å². The number of benzene rings is 2. The van der Waals surface area contributed by atoms with Gasteiger partial charge in [0.05, 0.1) is 27.0 Å². The largest absolute Gasteiger partial charge is 0.493 e. The topological polar surface area (TPSA) is 100 Å². The molecule has 0 unspecified atom stereocenters. The molecule has 174 valence electrons. The molecule has 4 rings (SSSR count). The van der Waals surface area contributed by atoms with E-state index in [4.69, 9.17) is 14.2 Å². The number of hydrogen-bond donors (Lipinski definition) is 1. The van der Waals surface area contributed by atoms with Crippen LogP contribution in [0.4, 0.5) is 0 Å². The summed E-state index contributed by atoms with van der Waals surface area (Å²) in [6.45, 7) is 0.683. The maximum Gasteiger partial charge on any atom is 0.251 e. The van der Waals surface area contributed by atoms with Gasteiger partial charge in [-0.2, -0.15) is 0 Å². The lowest BCUT2D eigenvalue weighted by Gasteiger charge is -2.22. The van der Waals surface area contributed by atoms with Crippen LogP contribution in [0.3, 0.4) is 0 Å². The van der Waals surface area contributed by atoms with E-state index in [0.29, 0.717) is 41.0 Å². The van der Waals surface area contributed by atoms with Gasteiger partial charge in [0.25, 0.3) is 5.91 Å². The monoisotopic (exact) mass is 451 g/mol. The summed E-state index contributed by atoms with van der Waals surface area (Å²) < 4.78 is 18.1. The summed E-state index contributed by atoms with van der Waals surface area (Å²) in [6, 6.07) is 9.21. The molecule has 1 fully saturated rings. The fourth-order valence-corrected chi connectivity index (χ4v) is 4.37. The van der Waals surface area contributed by atoms with Gasteiger partial charge in [-0.15, -0.1) is 5.10 Å². The van der Waals surface area contributed by atoms with Gasteiger partial charge in [-0.05, 0) is 65.1 Å². The molecule has 9 heteroatoms. The first-order valence-electron chi connectivity index (χ1n) is 11.1. The number of aromatic nitrogens is 4. The van der Waals surface area contributed by atoms with Crippen molar-refractivity contribution in [2.45, 2.75) is 32.1 Å². The second-order valence-corrected chi connectivity index (χ2v) is 8.12. The van der Waals surface area contributed by atoms with Crippen LogP contribution in [0.5, 0.6) is 17.2 Å². The molecule has 2 aromatic carbocycles. The predicted octanol–water partition coefficient (Wildman–Crippen LogP) is 3.67. The normalized spacial score (nSPS) is 14.0. The smallest absolute Gasteiger partial charge is 0.251 e. The fraction of sp³-hybridized carbons (Fsp3) is 0.417. The Hall–Kier alpha value is -3.62. The minimum Gasteiger partial charge on any atom is -0.493 e. The van der Waals surface area contributed by atoms with Gasteiger partial charge in [0.2, 0.25) is 5.75 Å². The molecule has 1 heterocycles. The van der Waals surface area contributed by atoms with E-state index in [1.807, 2.05) is 24.3 Å². The van der Waals surface area contributed by atoms with Gasteiger partial charge in [0, 0.05) is 17.7 Å². The number of rotatable bonds is 8. The third-order valence-corrected chi connectivity index (χ3v) is 6.08.